The lowest BCUT2D eigenvalue weighted by atomic mass is 10.3. The number of pyridine rings is 1. The van der Waals surface area contributed by atoms with Crippen LogP contribution in [0.25, 0.3) is 5.65 Å². The van der Waals surface area contributed by atoms with Gasteiger partial charge in [-0.25, -0.2) is 0 Å². The number of carbonyl (C=O) groups is 1. The lowest BCUT2D eigenvalue weighted by molar-refractivity contribution is -0.113. The van der Waals surface area contributed by atoms with Crippen LogP contribution >= 0.6 is 23.5 Å². The third kappa shape index (κ3) is 3.42. The van der Waals surface area contributed by atoms with E-state index in [1.807, 2.05) is 59.3 Å². The summed E-state index contributed by atoms with van der Waals surface area (Å²) in [6.07, 6.45) is 3.89. The van der Waals surface area contributed by atoms with E-state index in [-0.39, 0.29) is 5.91 Å². The minimum absolute atomic E-state index is 0.0593. The zero-order valence-corrected chi connectivity index (χ0v) is 13.5. The SMILES string of the molecule is CSc1cccc(NC(=O)CSc2nnc3ccccn23)c1. The Morgan fingerprint density at radius 1 is 1.23 bits per heavy atom. The zero-order valence-electron chi connectivity index (χ0n) is 11.9. The van der Waals surface area contributed by atoms with Crippen LogP contribution in [0.2, 0.25) is 0 Å². The average Bonchev–Trinajstić information content (AvgIpc) is 2.96. The van der Waals surface area contributed by atoms with Gasteiger partial charge in [0.05, 0.1) is 5.75 Å². The third-order valence-electron chi connectivity index (χ3n) is 2.97. The highest BCUT2D eigenvalue weighted by Gasteiger charge is 2.09. The highest BCUT2D eigenvalue weighted by atomic mass is 32.2. The summed E-state index contributed by atoms with van der Waals surface area (Å²) in [7, 11) is 0. The van der Waals surface area contributed by atoms with Crippen LogP contribution < -0.4 is 5.32 Å². The maximum Gasteiger partial charge on any atom is 0.234 e. The number of benzene rings is 1. The van der Waals surface area contributed by atoms with Crippen molar-refractivity contribution >= 4 is 40.8 Å². The molecule has 1 N–H and O–H groups in total. The van der Waals surface area contributed by atoms with Crippen LogP contribution in [0, 0.1) is 0 Å². The van der Waals surface area contributed by atoms with Crippen molar-refractivity contribution in [3.63, 3.8) is 0 Å². The number of thioether (sulfide) groups is 2. The Labute approximate surface area is 136 Å². The van der Waals surface area contributed by atoms with Gasteiger partial charge in [-0.3, -0.25) is 9.20 Å². The maximum absolute atomic E-state index is 12.0. The quantitative estimate of drug-likeness (QED) is 0.728. The first kappa shape index (κ1) is 14.9. The van der Waals surface area contributed by atoms with Crippen molar-refractivity contribution in [2.24, 2.45) is 0 Å². The van der Waals surface area contributed by atoms with E-state index in [0.29, 0.717) is 10.9 Å². The number of nitrogens with one attached hydrogen (secondary N) is 1. The second kappa shape index (κ2) is 6.85. The summed E-state index contributed by atoms with van der Waals surface area (Å²) < 4.78 is 1.87. The predicted molar refractivity (Wildman–Crippen MR) is 90.6 cm³/mol. The number of hydrogen-bond acceptors (Lipinski definition) is 5. The average molecular weight is 330 g/mol. The molecule has 1 aromatic carbocycles. The van der Waals surface area contributed by atoms with Gasteiger partial charge in [0.2, 0.25) is 5.91 Å². The summed E-state index contributed by atoms with van der Waals surface area (Å²) in [5, 5.41) is 11.8. The molecule has 0 unspecified atom stereocenters. The molecule has 22 heavy (non-hydrogen) atoms. The highest BCUT2D eigenvalue weighted by molar-refractivity contribution is 7.99. The van der Waals surface area contributed by atoms with Crippen molar-refractivity contribution in [2.45, 2.75) is 10.1 Å². The number of fused-ring (bicyclic) bond motifs is 1. The molecule has 5 nitrogen and oxygen atoms in total. The minimum atomic E-state index is -0.0593. The van der Waals surface area contributed by atoms with Crippen LogP contribution in [0.1, 0.15) is 0 Å². The first-order valence-electron chi connectivity index (χ1n) is 6.63. The first-order chi connectivity index (χ1) is 10.8. The standard InChI is InChI=1S/C15H14N4OS2/c1-21-12-6-4-5-11(9-12)16-14(20)10-22-15-18-17-13-7-2-3-8-19(13)15/h2-9H,10H2,1H3,(H,16,20). The van der Waals surface area contributed by atoms with Crippen LogP contribution in [0.3, 0.4) is 0 Å². The monoisotopic (exact) mass is 330 g/mol. The molecule has 0 radical (unpaired) electrons. The topological polar surface area (TPSA) is 59.3 Å². The molecule has 3 rings (SSSR count). The van der Waals surface area contributed by atoms with E-state index in [0.717, 1.165) is 16.2 Å². The molecular formula is C15H14N4OS2. The molecular weight excluding hydrogens is 316 g/mol. The van der Waals surface area contributed by atoms with Crippen LogP contribution in [-0.4, -0.2) is 32.5 Å². The lowest BCUT2D eigenvalue weighted by Gasteiger charge is -2.06. The maximum atomic E-state index is 12.0. The number of anilines is 1. The summed E-state index contributed by atoms with van der Waals surface area (Å²) in [6, 6.07) is 13.5. The van der Waals surface area contributed by atoms with Gasteiger partial charge in [0.1, 0.15) is 0 Å². The van der Waals surface area contributed by atoms with Crippen molar-refractivity contribution in [2.75, 3.05) is 17.3 Å². The summed E-state index contributed by atoms with van der Waals surface area (Å²) in [5.41, 5.74) is 1.58. The molecule has 1 amide bonds. The molecule has 0 spiro atoms. The van der Waals surface area contributed by atoms with Gasteiger partial charge >= 0.3 is 0 Å². The van der Waals surface area contributed by atoms with Gasteiger partial charge in [0.15, 0.2) is 10.8 Å². The molecule has 2 heterocycles. The summed E-state index contributed by atoms with van der Waals surface area (Å²) >= 11 is 3.01. The van der Waals surface area contributed by atoms with Gasteiger partial charge in [-0.2, -0.15) is 0 Å². The van der Waals surface area contributed by atoms with E-state index in [4.69, 9.17) is 0 Å². The Balaban J connectivity index is 1.62. The predicted octanol–water partition coefficient (Wildman–Crippen LogP) is 3.18. The second-order valence-corrected chi connectivity index (χ2v) is 6.30. The van der Waals surface area contributed by atoms with E-state index >= 15 is 0 Å². The van der Waals surface area contributed by atoms with E-state index in [2.05, 4.69) is 15.5 Å². The van der Waals surface area contributed by atoms with Crippen molar-refractivity contribution in [1.82, 2.24) is 14.6 Å². The minimum Gasteiger partial charge on any atom is -0.325 e. The smallest absolute Gasteiger partial charge is 0.234 e. The molecule has 7 heteroatoms. The van der Waals surface area contributed by atoms with E-state index in [1.54, 1.807) is 11.8 Å². The second-order valence-electron chi connectivity index (χ2n) is 4.48. The van der Waals surface area contributed by atoms with Crippen LogP contribution in [0.4, 0.5) is 5.69 Å². The fourth-order valence-corrected chi connectivity index (χ4v) is 3.13. The van der Waals surface area contributed by atoms with Gasteiger partial charge in [0, 0.05) is 16.8 Å². The third-order valence-corrected chi connectivity index (χ3v) is 4.64. The van der Waals surface area contributed by atoms with Gasteiger partial charge in [0.25, 0.3) is 0 Å². The highest BCUT2D eigenvalue weighted by Crippen LogP contribution is 2.20. The Morgan fingerprint density at radius 2 is 2.14 bits per heavy atom. The molecule has 0 bridgehead atoms. The summed E-state index contributed by atoms with van der Waals surface area (Å²) in [4.78, 5) is 13.2. The van der Waals surface area contributed by atoms with Gasteiger partial charge in [-0.1, -0.05) is 23.9 Å². The van der Waals surface area contributed by atoms with Crippen LogP contribution in [-0.2, 0) is 4.79 Å². The first-order valence-corrected chi connectivity index (χ1v) is 8.84. The fraction of sp³-hybridized carbons (Fsp3) is 0.133. The summed E-state index contributed by atoms with van der Waals surface area (Å²) in [6.45, 7) is 0. The number of amides is 1. The number of rotatable bonds is 5. The largest absolute Gasteiger partial charge is 0.325 e. The normalized spacial score (nSPS) is 10.8. The molecule has 2 aromatic heterocycles. The molecule has 0 saturated carbocycles. The Kier molecular flexibility index (Phi) is 4.65. The molecule has 0 fully saturated rings. The number of carbonyl (C=O) groups excluding carboxylic acids is 1. The lowest BCUT2D eigenvalue weighted by Crippen LogP contribution is -2.14. The molecule has 0 aliphatic carbocycles. The fourth-order valence-electron chi connectivity index (χ4n) is 1.95. The van der Waals surface area contributed by atoms with Crippen molar-refractivity contribution < 1.29 is 4.79 Å². The number of nitrogens with zero attached hydrogens (tertiary/aromatic N) is 3. The molecule has 112 valence electrons. The molecule has 0 aliphatic heterocycles. The Morgan fingerprint density at radius 3 is 3.00 bits per heavy atom. The Bertz CT molecular complexity index is 803. The summed E-state index contributed by atoms with van der Waals surface area (Å²) in [5.74, 6) is 0.232. The van der Waals surface area contributed by atoms with Crippen molar-refractivity contribution in [1.29, 1.82) is 0 Å². The van der Waals surface area contributed by atoms with Crippen LogP contribution in [0.5, 0.6) is 0 Å². The molecule has 0 atom stereocenters. The van der Waals surface area contributed by atoms with Crippen LogP contribution in [0.15, 0.2) is 58.7 Å². The van der Waals surface area contributed by atoms with E-state index in [9.17, 15) is 4.79 Å². The Hall–Kier alpha value is -1.99. The molecule has 0 saturated heterocycles. The van der Waals surface area contributed by atoms with E-state index < -0.39 is 0 Å². The molecule has 3 aromatic rings. The number of aromatic nitrogens is 3. The zero-order chi connectivity index (χ0) is 15.4. The van der Waals surface area contributed by atoms with Crippen molar-refractivity contribution in [3.8, 4) is 0 Å². The number of hydrogen-bond donors (Lipinski definition) is 1. The van der Waals surface area contributed by atoms with E-state index in [1.165, 1.54) is 11.8 Å². The van der Waals surface area contributed by atoms with Gasteiger partial charge < -0.3 is 5.32 Å². The van der Waals surface area contributed by atoms with Gasteiger partial charge in [-0.05, 0) is 36.6 Å². The van der Waals surface area contributed by atoms with Gasteiger partial charge in [-0.15, -0.1) is 22.0 Å². The molecule has 0 aliphatic rings. The van der Waals surface area contributed by atoms with Crippen molar-refractivity contribution in [3.05, 3.63) is 48.7 Å².